The quantitative estimate of drug-likeness (QED) is 0.710. The first kappa shape index (κ1) is 17.0. The molecule has 0 aliphatic heterocycles. The first-order chi connectivity index (χ1) is 12.7. The molecule has 7 heteroatoms. The third kappa shape index (κ3) is 2.96. The Bertz CT molecular complexity index is 970. The number of ether oxygens (including phenoxy) is 2. The van der Waals surface area contributed by atoms with E-state index in [-0.39, 0.29) is 5.25 Å². The highest BCUT2D eigenvalue weighted by Gasteiger charge is 2.29. The number of fused-ring (bicyclic) bond motifs is 2. The largest absolute Gasteiger partial charge is 0.497 e. The molecule has 136 valence electrons. The number of pyridine rings is 1. The molecule has 1 aromatic carbocycles. The van der Waals surface area contributed by atoms with Crippen LogP contribution in [0.3, 0.4) is 0 Å². The Morgan fingerprint density at radius 1 is 1.19 bits per heavy atom. The third-order valence-electron chi connectivity index (χ3n) is 4.83. The third-order valence-corrected chi connectivity index (χ3v) is 6.38. The number of nitrogens with zero attached hydrogens (tertiary/aromatic N) is 2. The maximum atomic E-state index is 13.3. The Balaban J connectivity index is 1.74. The van der Waals surface area contributed by atoms with E-state index in [2.05, 4.69) is 15.0 Å². The van der Waals surface area contributed by atoms with E-state index in [1.165, 1.54) is 0 Å². The maximum absolute atomic E-state index is 13.3. The summed E-state index contributed by atoms with van der Waals surface area (Å²) in [6.07, 6.45) is 5.50. The summed E-state index contributed by atoms with van der Waals surface area (Å²) in [5.74, 6) is 1.57. The van der Waals surface area contributed by atoms with Crippen molar-refractivity contribution < 1.29 is 13.7 Å². The van der Waals surface area contributed by atoms with Crippen molar-refractivity contribution in [2.45, 2.75) is 36.1 Å². The number of aromatic nitrogens is 3. The van der Waals surface area contributed by atoms with Crippen molar-refractivity contribution in [2.75, 3.05) is 14.2 Å². The molecule has 2 atom stereocenters. The van der Waals surface area contributed by atoms with Crippen LogP contribution in [0.1, 0.15) is 35.8 Å². The van der Waals surface area contributed by atoms with Gasteiger partial charge in [-0.3, -0.25) is 9.19 Å². The maximum Gasteiger partial charge on any atom is 0.198 e. The van der Waals surface area contributed by atoms with Gasteiger partial charge in [0.1, 0.15) is 11.5 Å². The van der Waals surface area contributed by atoms with Crippen LogP contribution in [0.5, 0.6) is 11.5 Å². The monoisotopic (exact) mass is 371 g/mol. The van der Waals surface area contributed by atoms with Crippen LogP contribution >= 0.6 is 0 Å². The number of aromatic amines is 1. The first-order valence-corrected chi connectivity index (χ1v) is 9.88. The molecule has 1 aliphatic rings. The summed E-state index contributed by atoms with van der Waals surface area (Å²) >= 11 is 0. The van der Waals surface area contributed by atoms with E-state index in [9.17, 15) is 4.21 Å². The molecule has 26 heavy (non-hydrogen) atoms. The van der Waals surface area contributed by atoms with E-state index in [4.69, 9.17) is 9.47 Å². The van der Waals surface area contributed by atoms with Crippen molar-refractivity contribution in [1.29, 1.82) is 0 Å². The van der Waals surface area contributed by atoms with Gasteiger partial charge in [0.05, 0.1) is 47.0 Å². The van der Waals surface area contributed by atoms with Gasteiger partial charge in [-0.2, -0.15) is 0 Å². The van der Waals surface area contributed by atoms with E-state index < -0.39 is 10.8 Å². The van der Waals surface area contributed by atoms with Gasteiger partial charge in [0.15, 0.2) is 5.16 Å². The zero-order chi connectivity index (χ0) is 18.1. The molecular formula is C19H21N3O3S. The number of hydrogen-bond donors (Lipinski definition) is 1. The molecule has 4 rings (SSSR count). The predicted molar refractivity (Wildman–Crippen MR) is 100 cm³/mol. The van der Waals surface area contributed by atoms with Gasteiger partial charge in [0, 0.05) is 17.8 Å². The average Bonchev–Trinajstić information content (AvgIpc) is 2.98. The highest BCUT2D eigenvalue weighted by atomic mass is 32.2. The van der Waals surface area contributed by atoms with Crippen molar-refractivity contribution >= 4 is 21.8 Å². The fourth-order valence-corrected chi connectivity index (χ4v) is 4.96. The Labute approximate surface area is 154 Å². The normalized spacial score (nSPS) is 18.2. The fraction of sp³-hybridized carbons (Fsp3) is 0.368. The molecule has 6 nitrogen and oxygen atoms in total. The van der Waals surface area contributed by atoms with Crippen molar-refractivity contribution in [2.24, 2.45) is 0 Å². The minimum Gasteiger partial charge on any atom is -0.497 e. The van der Waals surface area contributed by atoms with Gasteiger partial charge in [-0.05, 0) is 37.5 Å². The second-order valence-corrected chi connectivity index (χ2v) is 7.88. The minimum absolute atomic E-state index is 0.190. The number of hydrogen-bond acceptors (Lipinski definition) is 5. The lowest BCUT2D eigenvalue weighted by atomic mass is 10.1. The lowest BCUT2D eigenvalue weighted by molar-refractivity contribution is 0.408. The van der Waals surface area contributed by atoms with Crippen LogP contribution in [-0.4, -0.2) is 33.4 Å². The van der Waals surface area contributed by atoms with E-state index >= 15 is 0 Å². The van der Waals surface area contributed by atoms with Gasteiger partial charge in [0.2, 0.25) is 0 Å². The summed E-state index contributed by atoms with van der Waals surface area (Å²) in [5.41, 5.74) is 3.54. The number of methoxy groups -OCH3 is 2. The molecule has 0 fully saturated rings. The summed E-state index contributed by atoms with van der Waals surface area (Å²) in [6.45, 7) is 0. The number of nitrogens with one attached hydrogen (secondary N) is 1. The average molecular weight is 371 g/mol. The van der Waals surface area contributed by atoms with Crippen molar-refractivity contribution in [3.05, 3.63) is 41.7 Å². The highest BCUT2D eigenvalue weighted by Crippen LogP contribution is 2.37. The Morgan fingerprint density at radius 2 is 2.08 bits per heavy atom. The first-order valence-electron chi connectivity index (χ1n) is 8.67. The zero-order valence-electron chi connectivity index (χ0n) is 14.8. The Kier molecular flexibility index (Phi) is 4.63. The Hall–Kier alpha value is -2.41. The molecule has 0 bridgehead atoms. The zero-order valence-corrected chi connectivity index (χ0v) is 15.6. The van der Waals surface area contributed by atoms with E-state index in [0.29, 0.717) is 5.16 Å². The molecular weight excluding hydrogens is 350 g/mol. The van der Waals surface area contributed by atoms with Crippen LogP contribution in [0, 0.1) is 0 Å². The van der Waals surface area contributed by atoms with Gasteiger partial charge in [-0.25, -0.2) is 4.98 Å². The molecule has 0 radical (unpaired) electrons. The fourth-order valence-electron chi connectivity index (χ4n) is 3.51. The van der Waals surface area contributed by atoms with Crippen LogP contribution in [0.4, 0.5) is 0 Å². The summed E-state index contributed by atoms with van der Waals surface area (Å²) in [4.78, 5) is 12.3. The summed E-state index contributed by atoms with van der Waals surface area (Å²) < 4.78 is 24.1. The highest BCUT2D eigenvalue weighted by molar-refractivity contribution is 7.85. The molecule has 2 aromatic heterocycles. The van der Waals surface area contributed by atoms with Crippen LogP contribution in [0.25, 0.3) is 11.0 Å². The van der Waals surface area contributed by atoms with Gasteiger partial charge in [-0.1, -0.05) is 6.42 Å². The lowest BCUT2D eigenvalue weighted by Gasteiger charge is -2.16. The van der Waals surface area contributed by atoms with Crippen LogP contribution in [0.15, 0.2) is 35.6 Å². The Morgan fingerprint density at radius 3 is 2.88 bits per heavy atom. The molecule has 0 unspecified atom stereocenters. The van der Waals surface area contributed by atoms with Gasteiger partial charge >= 0.3 is 0 Å². The van der Waals surface area contributed by atoms with Crippen molar-refractivity contribution in [1.82, 2.24) is 15.0 Å². The molecule has 0 amide bonds. The molecule has 1 aliphatic carbocycles. The van der Waals surface area contributed by atoms with Crippen molar-refractivity contribution in [3.63, 3.8) is 0 Å². The minimum atomic E-state index is -1.32. The summed E-state index contributed by atoms with van der Waals surface area (Å²) in [7, 11) is 1.97. The second kappa shape index (κ2) is 7.07. The van der Waals surface area contributed by atoms with E-state index in [0.717, 1.165) is 59.5 Å². The molecule has 0 spiro atoms. The van der Waals surface area contributed by atoms with Gasteiger partial charge < -0.3 is 14.5 Å². The van der Waals surface area contributed by atoms with Gasteiger partial charge in [-0.15, -0.1) is 0 Å². The van der Waals surface area contributed by atoms with E-state index in [1.54, 1.807) is 20.4 Å². The summed E-state index contributed by atoms with van der Waals surface area (Å²) in [5, 5.41) is 0.292. The SMILES string of the molecule is COc1ccc2nc([S@@](=O)[C@H]3CCCCc4c(OC)ccnc43)[nH]c2c1. The standard InChI is InChI=1S/C19H21N3O3S/c1-24-12-7-8-14-15(11-12)22-19(21-14)26(23)17-6-4-3-5-13-16(25-2)9-10-20-18(13)17/h7-11,17H,3-6H2,1-2H3,(H,21,22)/t17-,26-/m0/s1. The molecule has 3 aromatic rings. The topological polar surface area (TPSA) is 77.1 Å². The second-order valence-electron chi connectivity index (χ2n) is 6.33. The van der Waals surface area contributed by atoms with Crippen LogP contribution in [0.2, 0.25) is 0 Å². The van der Waals surface area contributed by atoms with Crippen molar-refractivity contribution in [3.8, 4) is 11.5 Å². The molecule has 0 saturated carbocycles. The lowest BCUT2D eigenvalue weighted by Crippen LogP contribution is -2.11. The number of H-pyrrole nitrogens is 1. The molecule has 2 heterocycles. The number of imidazole rings is 1. The predicted octanol–water partition coefficient (Wildman–Crippen LogP) is 3.55. The summed E-state index contributed by atoms with van der Waals surface area (Å²) in [6, 6.07) is 7.46. The molecule has 1 N–H and O–H groups in total. The van der Waals surface area contributed by atoms with Gasteiger partial charge in [0.25, 0.3) is 0 Å². The van der Waals surface area contributed by atoms with Crippen LogP contribution in [-0.2, 0) is 17.2 Å². The smallest absolute Gasteiger partial charge is 0.198 e. The number of benzene rings is 1. The number of rotatable bonds is 4. The van der Waals surface area contributed by atoms with E-state index in [1.807, 2.05) is 24.3 Å². The van der Waals surface area contributed by atoms with Crippen LogP contribution < -0.4 is 9.47 Å². The molecule has 0 saturated heterocycles.